The molecule has 1 heterocycles. The fraction of sp³-hybridized carbons (Fsp3) is 0.136. The van der Waals surface area contributed by atoms with Crippen LogP contribution in [-0.4, -0.2) is 20.0 Å². The quantitative estimate of drug-likeness (QED) is 0.624. The molecular weight excluding hydrogens is 402 g/mol. The van der Waals surface area contributed by atoms with Crippen LogP contribution in [0.25, 0.3) is 0 Å². The van der Waals surface area contributed by atoms with Crippen molar-refractivity contribution in [2.24, 2.45) is 0 Å². The summed E-state index contributed by atoms with van der Waals surface area (Å²) >= 11 is 3.47. The van der Waals surface area contributed by atoms with E-state index in [-0.39, 0.29) is 12.1 Å². The van der Waals surface area contributed by atoms with Gasteiger partial charge in [-0.2, -0.15) is 0 Å². The second-order valence-electron chi connectivity index (χ2n) is 6.73. The van der Waals surface area contributed by atoms with Gasteiger partial charge in [0.05, 0.1) is 5.56 Å². The first-order valence-corrected chi connectivity index (χ1v) is 9.56. The van der Waals surface area contributed by atoms with E-state index in [9.17, 15) is 4.79 Å². The molecule has 0 saturated carbocycles. The van der Waals surface area contributed by atoms with Crippen molar-refractivity contribution in [1.29, 1.82) is 0 Å². The first kappa shape index (κ1) is 17.6. The number of hydrogen-bond donors (Lipinski definition) is 1. The van der Waals surface area contributed by atoms with E-state index in [1.54, 1.807) is 0 Å². The van der Waals surface area contributed by atoms with Gasteiger partial charge in [-0.15, -0.1) is 0 Å². The highest BCUT2D eigenvalue weighted by atomic mass is 79.9. The Balaban J connectivity index is 1.81. The number of halogens is 1. The van der Waals surface area contributed by atoms with Gasteiger partial charge in [0, 0.05) is 35.6 Å². The van der Waals surface area contributed by atoms with Gasteiger partial charge in [0.2, 0.25) is 0 Å². The number of fused-ring (bicyclic) bond motifs is 1. The highest BCUT2D eigenvalue weighted by molar-refractivity contribution is 9.10. The van der Waals surface area contributed by atoms with Gasteiger partial charge in [-0.25, -0.2) is 0 Å². The largest absolute Gasteiger partial charge is 0.378 e. The number of carbonyl (C=O) groups is 1. The molecule has 0 spiro atoms. The van der Waals surface area contributed by atoms with Crippen LogP contribution in [0.4, 0.5) is 17.1 Å². The van der Waals surface area contributed by atoms with Crippen molar-refractivity contribution in [1.82, 2.24) is 0 Å². The number of nitrogens with zero attached hydrogens (tertiary/aromatic N) is 2. The molecule has 1 N–H and O–H groups in total. The van der Waals surface area contributed by atoms with E-state index in [1.807, 2.05) is 67.5 Å². The third-order valence-corrected chi connectivity index (χ3v) is 5.29. The van der Waals surface area contributed by atoms with Crippen molar-refractivity contribution in [2.45, 2.75) is 6.17 Å². The molecule has 0 bridgehead atoms. The summed E-state index contributed by atoms with van der Waals surface area (Å²) in [6.45, 7) is 0. The molecular formula is C22H20BrN3O. The van der Waals surface area contributed by atoms with Crippen LogP contribution >= 0.6 is 15.9 Å². The van der Waals surface area contributed by atoms with Crippen LogP contribution in [-0.2, 0) is 0 Å². The average Bonchev–Trinajstić information content (AvgIpc) is 2.69. The number of nitrogens with one attached hydrogen (secondary N) is 1. The summed E-state index contributed by atoms with van der Waals surface area (Å²) in [6.07, 6.45) is -0.273. The van der Waals surface area contributed by atoms with E-state index in [2.05, 4.69) is 50.4 Å². The summed E-state index contributed by atoms with van der Waals surface area (Å²) in [5, 5.41) is 3.54. The maximum absolute atomic E-state index is 13.3. The van der Waals surface area contributed by atoms with Gasteiger partial charge in [-0.1, -0.05) is 40.2 Å². The second-order valence-corrected chi connectivity index (χ2v) is 7.65. The monoisotopic (exact) mass is 421 g/mol. The molecule has 1 aliphatic rings. The number of benzene rings is 3. The van der Waals surface area contributed by atoms with E-state index < -0.39 is 0 Å². The normalized spacial score (nSPS) is 15.9. The van der Waals surface area contributed by atoms with Crippen LogP contribution in [0.2, 0.25) is 0 Å². The zero-order chi connectivity index (χ0) is 19.0. The summed E-state index contributed by atoms with van der Waals surface area (Å²) in [6, 6.07) is 23.8. The molecule has 0 aromatic heterocycles. The van der Waals surface area contributed by atoms with Crippen molar-refractivity contribution in [3.8, 4) is 0 Å². The Morgan fingerprint density at radius 1 is 0.926 bits per heavy atom. The Morgan fingerprint density at radius 3 is 2.26 bits per heavy atom. The minimum Gasteiger partial charge on any atom is -0.378 e. The van der Waals surface area contributed by atoms with Crippen molar-refractivity contribution >= 4 is 38.9 Å². The van der Waals surface area contributed by atoms with E-state index in [1.165, 1.54) is 0 Å². The van der Waals surface area contributed by atoms with Crippen LogP contribution < -0.4 is 15.1 Å². The second kappa shape index (κ2) is 7.08. The molecule has 0 aliphatic carbocycles. The SMILES string of the molecule is CN(C)c1ccc(C2Nc3ccccc3C(=O)N2c2ccc(Br)cc2)cc1. The molecule has 1 amide bonds. The molecule has 27 heavy (non-hydrogen) atoms. The third-order valence-electron chi connectivity index (χ3n) is 4.76. The maximum Gasteiger partial charge on any atom is 0.262 e. The van der Waals surface area contributed by atoms with Crippen LogP contribution in [0.15, 0.2) is 77.3 Å². The Kier molecular flexibility index (Phi) is 4.62. The third kappa shape index (κ3) is 3.30. The number of carbonyl (C=O) groups excluding carboxylic acids is 1. The van der Waals surface area contributed by atoms with Crippen molar-refractivity contribution in [3.05, 3.63) is 88.4 Å². The predicted octanol–water partition coefficient (Wildman–Crippen LogP) is 5.29. The Morgan fingerprint density at radius 2 is 1.59 bits per heavy atom. The predicted molar refractivity (Wildman–Crippen MR) is 115 cm³/mol. The molecule has 1 aliphatic heterocycles. The minimum absolute atomic E-state index is 0.00615. The molecule has 3 aromatic carbocycles. The molecule has 4 nitrogen and oxygen atoms in total. The first-order chi connectivity index (χ1) is 13.0. The molecule has 0 saturated heterocycles. The van der Waals surface area contributed by atoms with Gasteiger partial charge >= 0.3 is 0 Å². The lowest BCUT2D eigenvalue weighted by atomic mass is 10.0. The summed E-state index contributed by atoms with van der Waals surface area (Å²) < 4.78 is 0.982. The fourth-order valence-corrected chi connectivity index (χ4v) is 3.57. The molecule has 1 atom stereocenters. The van der Waals surface area contributed by atoms with Gasteiger partial charge in [0.25, 0.3) is 5.91 Å². The zero-order valence-electron chi connectivity index (χ0n) is 15.2. The fourth-order valence-electron chi connectivity index (χ4n) is 3.31. The number of rotatable bonds is 3. The topological polar surface area (TPSA) is 35.6 Å². The van der Waals surface area contributed by atoms with Crippen LogP contribution in [0.3, 0.4) is 0 Å². The van der Waals surface area contributed by atoms with Crippen molar-refractivity contribution < 1.29 is 4.79 Å². The van der Waals surface area contributed by atoms with E-state index in [4.69, 9.17) is 0 Å². The van der Waals surface area contributed by atoms with Crippen LogP contribution in [0.1, 0.15) is 22.1 Å². The van der Waals surface area contributed by atoms with Gasteiger partial charge in [-0.05, 0) is 54.1 Å². The van der Waals surface area contributed by atoms with Crippen molar-refractivity contribution in [3.63, 3.8) is 0 Å². The highest BCUT2D eigenvalue weighted by Gasteiger charge is 2.33. The smallest absolute Gasteiger partial charge is 0.262 e. The summed E-state index contributed by atoms with van der Waals surface area (Å²) in [5.41, 5.74) is 4.55. The van der Waals surface area contributed by atoms with Crippen LogP contribution in [0.5, 0.6) is 0 Å². The molecule has 1 unspecified atom stereocenters. The summed E-state index contributed by atoms with van der Waals surface area (Å²) in [4.78, 5) is 17.2. The standard InChI is InChI=1S/C22H20BrN3O/c1-25(2)17-11-7-15(8-12-17)21-24-20-6-4-3-5-19(20)22(27)26(21)18-13-9-16(23)10-14-18/h3-14,21,24H,1-2H3. The number of anilines is 3. The van der Waals surface area contributed by atoms with E-state index in [0.29, 0.717) is 5.56 Å². The first-order valence-electron chi connectivity index (χ1n) is 8.76. The number of para-hydroxylation sites is 1. The van der Waals surface area contributed by atoms with Gasteiger partial charge < -0.3 is 10.2 Å². The molecule has 5 heteroatoms. The van der Waals surface area contributed by atoms with E-state index in [0.717, 1.165) is 27.1 Å². The Bertz CT molecular complexity index is 968. The van der Waals surface area contributed by atoms with Crippen molar-refractivity contribution in [2.75, 3.05) is 29.2 Å². The molecule has 4 rings (SSSR count). The molecule has 136 valence electrons. The lowest BCUT2D eigenvalue weighted by molar-refractivity contribution is 0.0975. The summed E-state index contributed by atoms with van der Waals surface area (Å²) in [7, 11) is 4.03. The van der Waals surface area contributed by atoms with Crippen LogP contribution in [0, 0.1) is 0 Å². The van der Waals surface area contributed by atoms with Gasteiger partial charge in [0.1, 0.15) is 6.17 Å². The number of amides is 1. The van der Waals surface area contributed by atoms with E-state index >= 15 is 0 Å². The molecule has 0 fully saturated rings. The summed E-state index contributed by atoms with van der Waals surface area (Å²) in [5.74, 6) is -0.00615. The molecule has 3 aromatic rings. The number of hydrogen-bond acceptors (Lipinski definition) is 3. The Hall–Kier alpha value is -2.79. The Labute approximate surface area is 167 Å². The van der Waals surface area contributed by atoms with Gasteiger partial charge in [0.15, 0.2) is 0 Å². The lowest BCUT2D eigenvalue weighted by Crippen LogP contribution is -2.43. The molecule has 0 radical (unpaired) electrons. The average molecular weight is 422 g/mol. The maximum atomic E-state index is 13.3. The minimum atomic E-state index is -0.273. The zero-order valence-corrected chi connectivity index (χ0v) is 16.8. The highest BCUT2D eigenvalue weighted by Crippen LogP contribution is 2.37. The lowest BCUT2D eigenvalue weighted by Gasteiger charge is -2.38. The van der Waals surface area contributed by atoms with Gasteiger partial charge in [-0.3, -0.25) is 9.69 Å².